The number of rotatable bonds is 7. The number of sulfonamides is 1. The van der Waals surface area contributed by atoms with E-state index in [-0.39, 0.29) is 0 Å². The van der Waals surface area contributed by atoms with Crippen molar-refractivity contribution in [1.82, 2.24) is 4.90 Å². The lowest BCUT2D eigenvalue weighted by Gasteiger charge is -2.12. The first-order valence-electron chi connectivity index (χ1n) is 8.82. The minimum absolute atomic E-state index is 0.331. The molecule has 0 aliphatic carbocycles. The van der Waals surface area contributed by atoms with Crippen molar-refractivity contribution in [2.45, 2.75) is 24.0 Å². The molecule has 0 radical (unpaired) electrons. The van der Waals surface area contributed by atoms with E-state index in [1.54, 1.807) is 6.07 Å². The number of benzene rings is 2. The van der Waals surface area contributed by atoms with Crippen LogP contribution in [0.5, 0.6) is 0 Å². The number of aryl methyl sites for hydroxylation is 2. The quantitative estimate of drug-likeness (QED) is 0.382. The first kappa shape index (κ1) is 21.8. The molecule has 0 amide bonds. The van der Waals surface area contributed by atoms with Crippen molar-refractivity contribution < 1.29 is 8.42 Å². The molecule has 2 aromatic carbocycles. The Morgan fingerprint density at radius 3 is 2.64 bits per heavy atom. The van der Waals surface area contributed by atoms with Crippen LogP contribution >= 0.6 is 45.5 Å². The molecule has 0 aliphatic heterocycles. The van der Waals surface area contributed by atoms with Gasteiger partial charge in [-0.05, 0) is 116 Å². The van der Waals surface area contributed by atoms with Gasteiger partial charge in [0.1, 0.15) is 4.21 Å². The number of thiophene rings is 1. The summed E-state index contributed by atoms with van der Waals surface area (Å²) in [5.41, 5.74) is 2.48. The Hall–Kier alpha value is -0.870. The Balaban J connectivity index is 1.87. The molecule has 0 bridgehead atoms. The Kier molecular flexibility index (Phi) is 6.92. The number of hydrogen-bond acceptors (Lipinski definition) is 4. The summed E-state index contributed by atoms with van der Waals surface area (Å²) in [6, 6.07) is 11.2. The van der Waals surface area contributed by atoms with Crippen molar-refractivity contribution in [3.8, 4) is 0 Å². The van der Waals surface area contributed by atoms with E-state index in [4.69, 9.17) is 11.6 Å². The molecule has 8 heteroatoms. The Labute approximate surface area is 189 Å². The molecule has 0 fully saturated rings. The highest BCUT2D eigenvalue weighted by Crippen LogP contribution is 2.36. The van der Waals surface area contributed by atoms with E-state index in [1.807, 2.05) is 37.3 Å². The van der Waals surface area contributed by atoms with E-state index >= 15 is 0 Å². The van der Waals surface area contributed by atoms with Crippen molar-refractivity contribution in [2.75, 3.05) is 25.4 Å². The average molecular weight is 549 g/mol. The van der Waals surface area contributed by atoms with Gasteiger partial charge < -0.3 is 4.90 Å². The molecule has 1 aromatic heterocycles. The fourth-order valence-electron chi connectivity index (χ4n) is 3.04. The second kappa shape index (κ2) is 8.87. The van der Waals surface area contributed by atoms with Gasteiger partial charge in [-0.3, -0.25) is 4.72 Å². The molecule has 0 aliphatic rings. The maximum absolute atomic E-state index is 13.0. The summed E-state index contributed by atoms with van der Waals surface area (Å²) in [5, 5.41) is 1.48. The first-order chi connectivity index (χ1) is 13.2. The van der Waals surface area contributed by atoms with Crippen LogP contribution in [0.2, 0.25) is 5.02 Å². The summed E-state index contributed by atoms with van der Waals surface area (Å²) >= 11 is 9.64. The molecule has 0 unspecified atom stereocenters. The summed E-state index contributed by atoms with van der Waals surface area (Å²) in [6.07, 6.45) is 1.93. The molecule has 150 valence electrons. The van der Waals surface area contributed by atoms with Crippen LogP contribution in [-0.4, -0.2) is 34.0 Å². The van der Waals surface area contributed by atoms with Crippen LogP contribution in [0.25, 0.3) is 10.1 Å². The Morgan fingerprint density at radius 2 is 1.93 bits per heavy atom. The zero-order chi connectivity index (χ0) is 20.5. The second-order valence-corrected chi connectivity index (χ2v) is 11.5. The normalized spacial score (nSPS) is 12.1. The molecule has 28 heavy (non-hydrogen) atoms. The zero-order valence-electron chi connectivity index (χ0n) is 15.9. The van der Waals surface area contributed by atoms with Crippen molar-refractivity contribution in [3.05, 3.63) is 56.1 Å². The van der Waals surface area contributed by atoms with E-state index in [2.05, 4.69) is 46.3 Å². The first-order valence-corrected chi connectivity index (χ1v) is 12.6. The van der Waals surface area contributed by atoms with E-state index in [1.165, 1.54) is 11.3 Å². The molecule has 0 saturated heterocycles. The van der Waals surface area contributed by atoms with Crippen LogP contribution in [0.4, 0.5) is 5.69 Å². The third-order valence-corrected chi connectivity index (χ3v) is 9.01. The summed E-state index contributed by atoms with van der Waals surface area (Å²) in [4.78, 5) is 2.15. The van der Waals surface area contributed by atoms with Gasteiger partial charge in [0.2, 0.25) is 0 Å². The van der Waals surface area contributed by atoms with Gasteiger partial charge in [0, 0.05) is 19.0 Å². The number of hydrogen-bond donors (Lipinski definition) is 1. The zero-order valence-corrected chi connectivity index (χ0v) is 20.5. The van der Waals surface area contributed by atoms with Gasteiger partial charge in [-0.2, -0.15) is 0 Å². The highest BCUT2D eigenvalue weighted by atomic mass is 127. The maximum Gasteiger partial charge on any atom is 0.271 e. The molecule has 1 N–H and O–H groups in total. The van der Waals surface area contributed by atoms with Gasteiger partial charge in [-0.25, -0.2) is 8.42 Å². The van der Waals surface area contributed by atoms with E-state index in [0.717, 1.165) is 44.2 Å². The number of fused-ring (bicyclic) bond motifs is 1. The van der Waals surface area contributed by atoms with Crippen molar-refractivity contribution in [2.24, 2.45) is 0 Å². The minimum atomic E-state index is -3.67. The topological polar surface area (TPSA) is 49.4 Å². The van der Waals surface area contributed by atoms with Gasteiger partial charge in [0.25, 0.3) is 10.0 Å². The SMILES string of the molecule is Cc1c(S(=O)(=O)Nc2ccc(I)c(CCCN(C)C)c2)sc2ccc(Cl)cc12. The van der Waals surface area contributed by atoms with Gasteiger partial charge in [0.05, 0.1) is 0 Å². The smallest absolute Gasteiger partial charge is 0.271 e. The molecule has 3 rings (SSSR count). The van der Waals surface area contributed by atoms with Crippen LogP contribution in [0, 0.1) is 10.5 Å². The third kappa shape index (κ3) is 4.99. The lowest BCUT2D eigenvalue weighted by atomic mass is 10.1. The molecule has 0 saturated carbocycles. The number of nitrogens with zero attached hydrogens (tertiary/aromatic N) is 1. The van der Waals surface area contributed by atoms with Crippen LogP contribution < -0.4 is 4.72 Å². The van der Waals surface area contributed by atoms with Crippen molar-refractivity contribution in [3.63, 3.8) is 0 Å². The predicted molar refractivity (Wildman–Crippen MR) is 128 cm³/mol. The van der Waals surface area contributed by atoms with E-state index < -0.39 is 10.0 Å². The molecular weight excluding hydrogens is 527 g/mol. The average Bonchev–Trinajstić information content (AvgIpc) is 2.94. The molecule has 3 aromatic rings. The summed E-state index contributed by atoms with van der Waals surface area (Å²) in [7, 11) is 0.436. The third-order valence-electron chi connectivity index (χ3n) is 4.45. The van der Waals surface area contributed by atoms with Crippen molar-refractivity contribution >= 4 is 71.3 Å². The largest absolute Gasteiger partial charge is 0.309 e. The number of nitrogens with one attached hydrogen (secondary N) is 1. The number of halogens is 2. The highest BCUT2D eigenvalue weighted by molar-refractivity contribution is 14.1. The predicted octanol–water partition coefficient (Wildman–Crippen LogP) is 5.76. The second-order valence-electron chi connectivity index (χ2n) is 6.97. The molecule has 1 heterocycles. The Morgan fingerprint density at radius 1 is 1.18 bits per heavy atom. The molecular formula is C20H22ClIN2O2S2. The molecule has 0 spiro atoms. The highest BCUT2D eigenvalue weighted by Gasteiger charge is 2.22. The van der Waals surface area contributed by atoms with Gasteiger partial charge in [-0.15, -0.1) is 11.3 Å². The Bertz CT molecular complexity index is 1110. The van der Waals surface area contributed by atoms with E-state index in [0.29, 0.717) is 14.9 Å². The fraction of sp³-hybridized carbons (Fsp3) is 0.300. The van der Waals surface area contributed by atoms with Crippen LogP contribution in [0.15, 0.2) is 40.6 Å². The number of anilines is 1. The van der Waals surface area contributed by atoms with Crippen LogP contribution in [0.1, 0.15) is 17.5 Å². The van der Waals surface area contributed by atoms with E-state index in [9.17, 15) is 8.42 Å². The van der Waals surface area contributed by atoms with Crippen molar-refractivity contribution in [1.29, 1.82) is 0 Å². The summed E-state index contributed by atoms with van der Waals surface area (Å²) < 4.78 is 31.2. The van der Waals surface area contributed by atoms with Gasteiger partial charge in [-0.1, -0.05) is 11.6 Å². The van der Waals surface area contributed by atoms with Gasteiger partial charge in [0.15, 0.2) is 0 Å². The lowest BCUT2D eigenvalue weighted by Crippen LogP contribution is -2.14. The monoisotopic (exact) mass is 548 g/mol. The fourth-order valence-corrected chi connectivity index (χ4v) is 6.62. The lowest BCUT2D eigenvalue weighted by molar-refractivity contribution is 0.400. The minimum Gasteiger partial charge on any atom is -0.309 e. The molecule has 4 nitrogen and oxygen atoms in total. The van der Waals surface area contributed by atoms with Crippen LogP contribution in [-0.2, 0) is 16.4 Å². The van der Waals surface area contributed by atoms with Gasteiger partial charge >= 0.3 is 0 Å². The van der Waals surface area contributed by atoms with Crippen LogP contribution in [0.3, 0.4) is 0 Å². The summed E-state index contributed by atoms with van der Waals surface area (Å²) in [6.45, 7) is 2.82. The maximum atomic E-state index is 13.0. The standard InChI is InChI=1S/C20H22ClIN2O2S2/c1-13-17-12-15(21)6-9-19(17)27-20(13)28(25,26)23-16-7-8-18(22)14(11-16)5-4-10-24(2)3/h6-9,11-12,23H,4-5,10H2,1-3H3. The molecule has 0 atom stereocenters. The summed E-state index contributed by atoms with van der Waals surface area (Å²) in [5.74, 6) is 0.